The average Bonchev–Trinajstić information content (AvgIpc) is 3.17. The number of thiazole rings is 1. The number of ether oxygens (including phenoxy) is 1. The minimum Gasteiger partial charge on any atom is -0.494 e. The fraction of sp³-hybridized carbons (Fsp3) is 0.100. The number of amides is 1. The van der Waals surface area contributed by atoms with E-state index in [2.05, 4.69) is 20.3 Å². The van der Waals surface area contributed by atoms with Gasteiger partial charge in [0.25, 0.3) is 5.91 Å². The van der Waals surface area contributed by atoms with Gasteiger partial charge < -0.3 is 4.74 Å². The first kappa shape index (κ1) is 17.1. The van der Waals surface area contributed by atoms with E-state index in [1.807, 2.05) is 36.6 Å². The highest BCUT2D eigenvalue weighted by Crippen LogP contribution is 2.27. The van der Waals surface area contributed by atoms with Gasteiger partial charge in [-0.15, -0.1) is 11.3 Å². The number of nitrogens with zero attached hydrogens (tertiary/aromatic N) is 3. The van der Waals surface area contributed by atoms with Crippen molar-refractivity contribution < 1.29 is 9.53 Å². The topological polar surface area (TPSA) is 77.0 Å². The minimum absolute atomic E-state index is 0.227. The van der Waals surface area contributed by atoms with Gasteiger partial charge in [-0.3, -0.25) is 20.1 Å². The van der Waals surface area contributed by atoms with Gasteiger partial charge in [0.2, 0.25) is 0 Å². The Hall–Kier alpha value is -3.32. The Morgan fingerprint density at radius 2 is 1.85 bits per heavy atom. The summed E-state index contributed by atoms with van der Waals surface area (Å²) in [5.74, 6) is 0.597. The summed E-state index contributed by atoms with van der Waals surface area (Å²) in [6.45, 7) is 2.58. The second-order valence-corrected chi connectivity index (χ2v) is 6.57. The normalized spacial score (nSPS) is 10.7. The molecule has 2 heterocycles. The molecule has 6 nitrogen and oxygen atoms in total. The molecule has 134 valence electrons. The number of nitrogens with one attached hydrogen (secondary N) is 1. The minimum atomic E-state index is -0.227. The van der Waals surface area contributed by atoms with Crippen molar-refractivity contribution in [3.05, 3.63) is 65.8 Å². The number of aromatic nitrogens is 3. The molecule has 0 aliphatic rings. The van der Waals surface area contributed by atoms with Crippen LogP contribution in [0.1, 0.15) is 17.3 Å². The molecule has 0 aliphatic heterocycles. The van der Waals surface area contributed by atoms with Gasteiger partial charge >= 0.3 is 0 Å². The summed E-state index contributed by atoms with van der Waals surface area (Å²) >= 11 is 1.38. The summed E-state index contributed by atoms with van der Waals surface area (Å²) in [5.41, 5.74) is 3.72. The van der Waals surface area contributed by atoms with Crippen molar-refractivity contribution in [1.82, 2.24) is 15.0 Å². The summed E-state index contributed by atoms with van der Waals surface area (Å²) in [7, 11) is 0. The zero-order chi connectivity index (χ0) is 18.6. The van der Waals surface area contributed by atoms with Crippen LogP contribution in [0.5, 0.6) is 5.75 Å². The summed E-state index contributed by atoms with van der Waals surface area (Å²) in [6, 6.07) is 13.0. The Morgan fingerprint density at radius 1 is 1.07 bits per heavy atom. The lowest BCUT2D eigenvalue weighted by atomic mass is 10.2. The molecule has 0 bridgehead atoms. The first-order valence-corrected chi connectivity index (χ1v) is 9.32. The lowest BCUT2D eigenvalue weighted by Crippen LogP contribution is -2.11. The highest BCUT2D eigenvalue weighted by molar-refractivity contribution is 7.14. The highest BCUT2D eigenvalue weighted by Gasteiger charge is 2.11. The number of fused-ring (bicyclic) bond motifs is 1. The van der Waals surface area contributed by atoms with Crippen LogP contribution in [0.2, 0.25) is 0 Å². The van der Waals surface area contributed by atoms with Gasteiger partial charge in [-0.05, 0) is 49.4 Å². The van der Waals surface area contributed by atoms with E-state index in [1.165, 1.54) is 11.3 Å². The van der Waals surface area contributed by atoms with Gasteiger partial charge in [-0.2, -0.15) is 0 Å². The summed E-state index contributed by atoms with van der Waals surface area (Å²) in [4.78, 5) is 25.4. The van der Waals surface area contributed by atoms with E-state index in [-0.39, 0.29) is 5.91 Å². The molecule has 0 unspecified atom stereocenters. The van der Waals surface area contributed by atoms with Crippen LogP contribution in [0.25, 0.3) is 22.3 Å². The van der Waals surface area contributed by atoms with E-state index in [4.69, 9.17) is 4.74 Å². The van der Waals surface area contributed by atoms with Crippen LogP contribution >= 0.6 is 11.3 Å². The van der Waals surface area contributed by atoms with Crippen molar-refractivity contribution in [3.63, 3.8) is 0 Å². The molecule has 1 N–H and O–H groups in total. The van der Waals surface area contributed by atoms with E-state index in [0.29, 0.717) is 22.8 Å². The molecule has 7 heteroatoms. The average molecular weight is 376 g/mol. The molecule has 0 radical (unpaired) electrons. The quantitative estimate of drug-likeness (QED) is 0.558. The Bertz CT molecular complexity index is 1090. The van der Waals surface area contributed by atoms with E-state index in [1.54, 1.807) is 30.6 Å². The van der Waals surface area contributed by atoms with E-state index < -0.39 is 0 Å². The Labute approximate surface area is 159 Å². The fourth-order valence-electron chi connectivity index (χ4n) is 2.63. The molecule has 27 heavy (non-hydrogen) atoms. The molecule has 0 spiro atoms. The van der Waals surface area contributed by atoms with Crippen molar-refractivity contribution in [2.45, 2.75) is 6.92 Å². The number of hydrogen-bond donors (Lipinski definition) is 1. The number of benzene rings is 2. The first-order chi connectivity index (χ1) is 13.2. The van der Waals surface area contributed by atoms with Gasteiger partial charge in [0, 0.05) is 28.9 Å². The van der Waals surface area contributed by atoms with Crippen molar-refractivity contribution in [2.24, 2.45) is 0 Å². The maximum atomic E-state index is 12.5. The van der Waals surface area contributed by atoms with Gasteiger partial charge in [-0.1, -0.05) is 0 Å². The summed E-state index contributed by atoms with van der Waals surface area (Å²) < 4.78 is 5.45. The molecule has 0 aliphatic carbocycles. The predicted molar refractivity (Wildman–Crippen MR) is 106 cm³/mol. The Balaban J connectivity index is 1.50. The largest absolute Gasteiger partial charge is 0.494 e. The Morgan fingerprint density at radius 3 is 2.63 bits per heavy atom. The van der Waals surface area contributed by atoms with Crippen LogP contribution in [0.15, 0.2) is 60.2 Å². The van der Waals surface area contributed by atoms with Gasteiger partial charge in [0.1, 0.15) is 5.75 Å². The fourth-order valence-corrected chi connectivity index (χ4v) is 3.34. The van der Waals surface area contributed by atoms with Crippen molar-refractivity contribution in [1.29, 1.82) is 0 Å². The molecule has 0 saturated heterocycles. The van der Waals surface area contributed by atoms with Crippen LogP contribution < -0.4 is 10.1 Å². The number of hydrogen-bond acceptors (Lipinski definition) is 6. The zero-order valence-electron chi connectivity index (χ0n) is 14.5. The van der Waals surface area contributed by atoms with Crippen LogP contribution in [0, 0.1) is 0 Å². The molecular formula is C20H16N4O2S. The standard InChI is InChI=1S/C20H16N4O2S/c1-2-26-15-6-3-13(4-7-15)18-12-27-20(23-18)24-19(25)14-5-8-16-17(11-14)22-10-9-21-16/h3-12H,2H2,1H3,(H,23,24,25). The third kappa shape index (κ3) is 3.78. The number of rotatable bonds is 5. The molecule has 0 fully saturated rings. The van der Waals surface area contributed by atoms with Crippen molar-refractivity contribution in [3.8, 4) is 17.0 Å². The van der Waals surface area contributed by atoms with Crippen LogP contribution in [-0.4, -0.2) is 27.5 Å². The van der Waals surface area contributed by atoms with Crippen LogP contribution in [0.4, 0.5) is 5.13 Å². The molecular weight excluding hydrogens is 360 g/mol. The maximum absolute atomic E-state index is 12.5. The molecule has 0 atom stereocenters. The van der Waals surface area contributed by atoms with E-state index in [0.717, 1.165) is 22.5 Å². The monoisotopic (exact) mass is 376 g/mol. The molecule has 2 aromatic heterocycles. The molecule has 4 aromatic rings. The SMILES string of the molecule is CCOc1ccc(-c2csc(NC(=O)c3ccc4nccnc4c3)n2)cc1. The van der Waals surface area contributed by atoms with Crippen molar-refractivity contribution in [2.75, 3.05) is 11.9 Å². The van der Waals surface area contributed by atoms with Gasteiger partial charge in [0.15, 0.2) is 5.13 Å². The summed E-state index contributed by atoms with van der Waals surface area (Å²) in [5, 5.41) is 5.30. The third-order valence-corrected chi connectivity index (χ3v) is 4.67. The third-order valence-electron chi connectivity index (χ3n) is 3.92. The van der Waals surface area contributed by atoms with Crippen LogP contribution in [-0.2, 0) is 0 Å². The smallest absolute Gasteiger partial charge is 0.257 e. The van der Waals surface area contributed by atoms with Gasteiger partial charge in [-0.25, -0.2) is 4.98 Å². The molecule has 4 rings (SSSR count). The summed E-state index contributed by atoms with van der Waals surface area (Å²) in [6.07, 6.45) is 3.23. The van der Waals surface area contributed by atoms with Crippen molar-refractivity contribution >= 4 is 33.4 Å². The number of anilines is 1. The maximum Gasteiger partial charge on any atom is 0.257 e. The van der Waals surface area contributed by atoms with Gasteiger partial charge in [0.05, 0.1) is 23.3 Å². The van der Waals surface area contributed by atoms with Crippen LogP contribution in [0.3, 0.4) is 0 Å². The number of carbonyl (C=O) groups excluding carboxylic acids is 1. The number of carbonyl (C=O) groups is 1. The second kappa shape index (κ2) is 7.51. The van der Waals surface area contributed by atoms with E-state index in [9.17, 15) is 4.79 Å². The first-order valence-electron chi connectivity index (χ1n) is 8.44. The molecule has 2 aromatic carbocycles. The molecule has 1 amide bonds. The second-order valence-electron chi connectivity index (χ2n) is 5.71. The zero-order valence-corrected chi connectivity index (χ0v) is 15.4. The lowest BCUT2D eigenvalue weighted by Gasteiger charge is -2.04. The predicted octanol–water partition coefficient (Wildman–Crippen LogP) is 4.40. The Kier molecular flexibility index (Phi) is 4.76. The lowest BCUT2D eigenvalue weighted by molar-refractivity contribution is 0.102. The van der Waals surface area contributed by atoms with E-state index >= 15 is 0 Å². The molecule has 0 saturated carbocycles. The highest BCUT2D eigenvalue weighted by atomic mass is 32.1.